The number of sulfonamides is 1. The largest absolute Gasteiger partial charge is 0.323 e. The van der Waals surface area contributed by atoms with Gasteiger partial charge in [0, 0.05) is 23.6 Å². The zero-order valence-electron chi connectivity index (χ0n) is 13.4. The van der Waals surface area contributed by atoms with Gasteiger partial charge in [0.1, 0.15) is 0 Å². The molecule has 0 spiro atoms. The molecule has 0 unspecified atom stereocenters. The second kappa shape index (κ2) is 6.99. The molecule has 3 rings (SSSR count). The minimum absolute atomic E-state index is 0.185. The number of benzene rings is 1. The predicted octanol–water partition coefficient (Wildman–Crippen LogP) is 1.77. The number of halogens is 1. The van der Waals surface area contributed by atoms with Gasteiger partial charge in [-0.15, -0.1) is 0 Å². The van der Waals surface area contributed by atoms with Crippen LogP contribution in [-0.4, -0.2) is 48.4 Å². The molecule has 0 amide bonds. The van der Waals surface area contributed by atoms with Gasteiger partial charge in [0.25, 0.3) is 0 Å². The standard InChI is InChI=1S/C15H21BrN4O3S/c1-2-5-17-10-3-6-20(7-4-10)24(22,23)14-9-13-12(8-11(14)16)18-15(21)19-13/h8-10,17H,2-7H2,1H3,(H2,18,19,21). The number of nitrogens with one attached hydrogen (secondary N) is 3. The van der Waals surface area contributed by atoms with Gasteiger partial charge in [-0.05, 0) is 53.9 Å². The molecular weight excluding hydrogens is 396 g/mol. The topological polar surface area (TPSA) is 98.1 Å². The lowest BCUT2D eigenvalue weighted by Gasteiger charge is -2.32. The van der Waals surface area contributed by atoms with Gasteiger partial charge < -0.3 is 15.3 Å². The highest BCUT2D eigenvalue weighted by atomic mass is 79.9. The summed E-state index contributed by atoms with van der Waals surface area (Å²) in [4.78, 5) is 16.8. The Morgan fingerprint density at radius 2 is 1.88 bits per heavy atom. The van der Waals surface area contributed by atoms with Crippen LogP contribution in [0.15, 0.2) is 26.3 Å². The molecule has 3 N–H and O–H groups in total. The maximum Gasteiger partial charge on any atom is 0.323 e. The highest BCUT2D eigenvalue weighted by molar-refractivity contribution is 9.10. The Morgan fingerprint density at radius 3 is 2.50 bits per heavy atom. The van der Waals surface area contributed by atoms with E-state index in [9.17, 15) is 13.2 Å². The Hall–Kier alpha value is -1.16. The second-order valence-electron chi connectivity index (χ2n) is 6.04. The van der Waals surface area contributed by atoms with Crippen LogP contribution in [0, 0.1) is 0 Å². The van der Waals surface area contributed by atoms with Gasteiger partial charge in [0.05, 0.1) is 15.9 Å². The van der Waals surface area contributed by atoms with Crippen LogP contribution >= 0.6 is 15.9 Å². The lowest BCUT2D eigenvalue weighted by atomic mass is 10.1. The van der Waals surface area contributed by atoms with Gasteiger partial charge in [-0.25, -0.2) is 13.2 Å². The van der Waals surface area contributed by atoms with E-state index in [2.05, 4.69) is 38.1 Å². The number of nitrogens with zero attached hydrogens (tertiary/aromatic N) is 1. The third kappa shape index (κ3) is 3.44. The first-order valence-electron chi connectivity index (χ1n) is 8.07. The molecule has 2 heterocycles. The molecule has 0 saturated carbocycles. The van der Waals surface area contributed by atoms with E-state index in [1.807, 2.05) is 0 Å². The lowest BCUT2D eigenvalue weighted by Crippen LogP contribution is -2.45. The summed E-state index contributed by atoms with van der Waals surface area (Å²) in [6.45, 7) is 4.07. The molecule has 0 aliphatic carbocycles. The normalized spacial score (nSPS) is 17.6. The maximum atomic E-state index is 13.0. The summed E-state index contributed by atoms with van der Waals surface area (Å²) in [5, 5.41) is 3.45. The number of piperidine rings is 1. The summed E-state index contributed by atoms with van der Waals surface area (Å²) >= 11 is 3.32. The summed E-state index contributed by atoms with van der Waals surface area (Å²) in [7, 11) is -3.60. The van der Waals surface area contributed by atoms with Crippen molar-refractivity contribution in [3.63, 3.8) is 0 Å². The SMILES string of the molecule is CCCNC1CCN(S(=O)(=O)c2cc3[nH]c(=O)[nH]c3cc2Br)CC1. The van der Waals surface area contributed by atoms with E-state index in [1.54, 1.807) is 6.07 Å². The van der Waals surface area contributed by atoms with Crippen LogP contribution in [-0.2, 0) is 10.0 Å². The van der Waals surface area contributed by atoms with Crippen molar-refractivity contribution in [2.45, 2.75) is 37.1 Å². The quantitative estimate of drug-likeness (QED) is 0.691. The first kappa shape index (κ1) is 17.7. The van der Waals surface area contributed by atoms with Crippen LogP contribution in [0.2, 0.25) is 0 Å². The molecular formula is C15H21BrN4O3S. The molecule has 0 radical (unpaired) electrons. The molecule has 1 aromatic heterocycles. The minimum atomic E-state index is -3.60. The third-order valence-corrected chi connectivity index (χ3v) is 7.18. The van der Waals surface area contributed by atoms with Crippen LogP contribution in [0.4, 0.5) is 0 Å². The average Bonchev–Trinajstić information content (AvgIpc) is 2.91. The smallest absolute Gasteiger partial charge is 0.314 e. The second-order valence-corrected chi connectivity index (χ2v) is 8.80. The van der Waals surface area contributed by atoms with E-state index in [0.29, 0.717) is 34.6 Å². The summed E-state index contributed by atoms with van der Waals surface area (Å²) in [6.07, 6.45) is 2.68. The van der Waals surface area contributed by atoms with Crippen molar-refractivity contribution >= 4 is 37.0 Å². The number of rotatable bonds is 5. The first-order chi connectivity index (χ1) is 11.4. The molecule has 24 heavy (non-hydrogen) atoms. The molecule has 0 bridgehead atoms. The molecule has 1 aliphatic rings. The molecule has 1 aliphatic heterocycles. The number of fused-ring (bicyclic) bond motifs is 1. The average molecular weight is 417 g/mol. The Morgan fingerprint density at radius 1 is 1.25 bits per heavy atom. The van der Waals surface area contributed by atoms with E-state index in [0.717, 1.165) is 25.8 Å². The first-order valence-corrected chi connectivity index (χ1v) is 10.3. The van der Waals surface area contributed by atoms with Gasteiger partial charge in [0.15, 0.2) is 0 Å². The Kier molecular flexibility index (Phi) is 5.14. The van der Waals surface area contributed by atoms with E-state index >= 15 is 0 Å². The molecule has 132 valence electrons. The fraction of sp³-hybridized carbons (Fsp3) is 0.533. The molecule has 7 nitrogen and oxygen atoms in total. The van der Waals surface area contributed by atoms with Crippen molar-refractivity contribution in [1.29, 1.82) is 0 Å². The molecule has 9 heteroatoms. The van der Waals surface area contributed by atoms with Gasteiger partial charge >= 0.3 is 5.69 Å². The van der Waals surface area contributed by atoms with E-state index in [-0.39, 0.29) is 10.6 Å². The Balaban J connectivity index is 1.83. The summed E-state index contributed by atoms with van der Waals surface area (Å²) in [5.41, 5.74) is 0.712. The summed E-state index contributed by atoms with van der Waals surface area (Å²) < 4.78 is 27.9. The predicted molar refractivity (Wildman–Crippen MR) is 96.7 cm³/mol. The number of H-pyrrole nitrogens is 2. The maximum absolute atomic E-state index is 13.0. The van der Waals surface area contributed by atoms with Gasteiger partial charge in [-0.2, -0.15) is 4.31 Å². The fourth-order valence-electron chi connectivity index (χ4n) is 3.02. The van der Waals surface area contributed by atoms with E-state index in [4.69, 9.17) is 0 Å². The van der Waals surface area contributed by atoms with Crippen molar-refractivity contribution in [1.82, 2.24) is 19.6 Å². The molecule has 1 aromatic carbocycles. The van der Waals surface area contributed by atoms with Gasteiger partial charge in [-0.3, -0.25) is 0 Å². The molecule has 1 fully saturated rings. The molecule has 2 aromatic rings. The van der Waals surface area contributed by atoms with Crippen molar-refractivity contribution in [3.05, 3.63) is 27.1 Å². The molecule has 0 atom stereocenters. The van der Waals surface area contributed by atoms with Crippen LogP contribution in [0.5, 0.6) is 0 Å². The van der Waals surface area contributed by atoms with Crippen molar-refractivity contribution in [2.75, 3.05) is 19.6 Å². The monoisotopic (exact) mass is 416 g/mol. The molecule has 1 saturated heterocycles. The fourth-order valence-corrected chi connectivity index (χ4v) is 5.52. The minimum Gasteiger partial charge on any atom is -0.314 e. The lowest BCUT2D eigenvalue weighted by molar-refractivity contribution is 0.290. The van der Waals surface area contributed by atoms with Crippen molar-refractivity contribution in [3.8, 4) is 0 Å². The Labute approximate surface area is 149 Å². The van der Waals surface area contributed by atoms with E-state index in [1.165, 1.54) is 10.4 Å². The van der Waals surface area contributed by atoms with Crippen LogP contribution in [0.1, 0.15) is 26.2 Å². The van der Waals surface area contributed by atoms with Gasteiger partial charge in [-0.1, -0.05) is 6.92 Å². The van der Waals surface area contributed by atoms with Crippen LogP contribution in [0.25, 0.3) is 11.0 Å². The number of imidazole rings is 1. The van der Waals surface area contributed by atoms with E-state index < -0.39 is 10.0 Å². The highest BCUT2D eigenvalue weighted by Crippen LogP contribution is 2.29. The number of aromatic nitrogens is 2. The summed E-state index contributed by atoms with van der Waals surface area (Å²) in [5.74, 6) is 0. The third-order valence-electron chi connectivity index (χ3n) is 4.32. The number of hydrogen-bond acceptors (Lipinski definition) is 4. The van der Waals surface area contributed by atoms with Crippen molar-refractivity contribution < 1.29 is 8.42 Å². The Bertz CT molecular complexity index is 882. The van der Waals surface area contributed by atoms with Crippen LogP contribution in [0.3, 0.4) is 0 Å². The zero-order chi connectivity index (χ0) is 17.3. The highest BCUT2D eigenvalue weighted by Gasteiger charge is 2.31. The van der Waals surface area contributed by atoms with Crippen molar-refractivity contribution in [2.24, 2.45) is 0 Å². The summed E-state index contributed by atoms with van der Waals surface area (Å²) in [6, 6.07) is 3.51. The van der Waals surface area contributed by atoms with Gasteiger partial charge in [0.2, 0.25) is 10.0 Å². The zero-order valence-corrected chi connectivity index (χ0v) is 15.8. The number of hydrogen-bond donors (Lipinski definition) is 3. The van der Waals surface area contributed by atoms with Crippen LogP contribution < -0.4 is 11.0 Å². The number of aromatic amines is 2.